The van der Waals surface area contributed by atoms with Crippen molar-refractivity contribution in [3.05, 3.63) is 77.1 Å². The number of hydrogen-bond donors (Lipinski definition) is 3. The Bertz CT molecular complexity index is 1350. The van der Waals surface area contributed by atoms with Crippen LogP contribution in [-0.2, 0) is 6.42 Å². The molecule has 9 heteroatoms. The molecule has 0 fully saturated rings. The first-order valence-electron chi connectivity index (χ1n) is 11.2. The zero-order valence-electron chi connectivity index (χ0n) is 18.9. The number of ether oxygens (including phenoxy) is 1. The van der Waals surface area contributed by atoms with E-state index in [1.807, 2.05) is 19.1 Å². The molecule has 0 aliphatic rings. The molecule has 3 N–H and O–H groups in total. The Morgan fingerprint density at radius 1 is 1.17 bits per heavy atom. The summed E-state index contributed by atoms with van der Waals surface area (Å²) in [5.41, 5.74) is 1.65. The molecular weight excluding hydrogens is 459 g/mol. The van der Waals surface area contributed by atoms with Crippen LogP contribution in [0.3, 0.4) is 0 Å². The van der Waals surface area contributed by atoms with Gasteiger partial charge in [-0.3, -0.25) is 4.79 Å². The standard InChI is InChI=1S/C26H24F3N3O3/c1-2-15-6-3-4-7-21(15)31-26(34)20-12-16(27)13-22-23(20)32-25(30-22)18-9-8-17(35-11-5-10-33)14-19(18)24(28)29/h3-4,6-9,12-14,24,33H,2,5,10-11H2,1H3,(H,30,32)(H,31,34). The van der Waals surface area contributed by atoms with Crippen molar-refractivity contribution in [1.82, 2.24) is 9.97 Å². The van der Waals surface area contributed by atoms with Gasteiger partial charge in [-0.1, -0.05) is 25.1 Å². The van der Waals surface area contributed by atoms with Gasteiger partial charge in [0, 0.05) is 29.8 Å². The molecule has 182 valence electrons. The number of carbonyl (C=O) groups excluding carboxylic acids is 1. The highest BCUT2D eigenvalue weighted by Gasteiger charge is 2.21. The minimum atomic E-state index is -2.83. The summed E-state index contributed by atoms with van der Waals surface area (Å²) >= 11 is 0. The zero-order valence-corrected chi connectivity index (χ0v) is 18.9. The predicted octanol–water partition coefficient (Wildman–Crippen LogP) is 5.88. The van der Waals surface area contributed by atoms with E-state index in [1.54, 1.807) is 12.1 Å². The lowest BCUT2D eigenvalue weighted by Crippen LogP contribution is -2.14. The van der Waals surface area contributed by atoms with E-state index >= 15 is 0 Å². The van der Waals surface area contributed by atoms with Crippen LogP contribution in [0.15, 0.2) is 54.6 Å². The number of aromatic nitrogens is 2. The van der Waals surface area contributed by atoms with E-state index in [1.165, 1.54) is 18.2 Å². The van der Waals surface area contributed by atoms with E-state index in [2.05, 4.69) is 15.3 Å². The van der Waals surface area contributed by atoms with E-state index in [0.717, 1.165) is 17.7 Å². The van der Waals surface area contributed by atoms with Crippen LogP contribution in [0, 0.1) is 5.82 Å². The quantitative estimate of drug-likeness (QED) is 0.259. The third-order valence-corrected chi connectivity index (χ3v) is 5.53. The first-order chi connectivity index (χ1) is 16.9. The van der Waals surface area contributed by atoms with Crippen LogP contribution in [-0.4, -0.2) is 34.2 Å². The third-order valence-electron chi connectivity index (χ3n) is 5.53. The molecule has 4 rings (SSSR count). The summed E-state index contributed by atoms with van der Waals surface area (Å²) in [7, 11) is 0. The summed E-state index contributed by atoms with van der Waals surface area (Å²) < 4.78 is 47.5. The Labute approximate surface area is 199 Å². The molecule has 1 aromatic heterocycles. The van der Waals surface area contributed by atoms with Gasteiger partial charge >= 0.3 is 0 Å². The molecule has 35 heavy (non-hydrogen) atoms. The summed E-state index contributed by atoms with van der Waals surface area (Å²) in [6.45, 7) is 2.06. The number of nitrogens with one attached hydrogen (secondary N) is 2. The van der Waals surface area contributed by atoms with Crippen molar-refractivity contribution in [2.24, 2.45) is 0 Å². The normalized spacial score (nSPS) is 11.3. The van der Waals surface area contributed by atoms with Crippen molar-refractivity contribution < 1.29 is 27.8 Å². The van der Waals surface area contributed by atoms with Gasteiger partial charge in [-0.25, -0.2) is 18.2 Å². The van der Waals surface area contributed by atoms with Crippen LogP contribution in [0.5, 0.6) is 5.75 Å². The number of rotatable bonds is 9. The second kappa shape index (κ2) is 10.6. The number of aromatic amines is 1. The van der Waals surface area contributed by atoms with Crippen molar-refractivity contribution in [3.8, 4) is 17.1 Å². The molecule has 0 aliphatic carbocycles. The number of aliphatic hydroxyl groups is 1. The lowest BCUT2D eigenvalue weighted by atomic mass is 10.1. The van der Waals surface area contributed by atoms with Crippen LogP contribution < -0.4 is 10.1 Å². The number of halogens is 3. The van der Waals surface area contributed by atoms with E-state index < -0.39 is 18.1 Å². The Kier molecular flexibility index (Phi) is 7.36. The third kappa shape index (κ3) is 5.30. The average Bonchev–Trinajstić information content (AvgIpc) is 3.27. The SMILES string of the molecule is CCc1ccccc1NC(=O)c1cc(F)cc2[nH]c(-c3ccc(OCCCO)cc3C(F)F)nc12. The number of nitrogens with zero attached hydrogens (tertiary/aromatic N) is 1. The topological polar surface area (TPSA) is 87.2 Å². The van der Waals surface area contributed by atoms with Crippen LogP contribution in [0.25, 0.3) is 22.4 Å². The number of carbonyl (C=O) groups is 1. The molecule has 0 saturated carbocycles. The summed E-state index contributed by atoms with van der Waals surface area (Å²) in [6.07, 6.45) is -1.77. The van der Waals surface area contributed by atoms with Crippen molar-refractivity contribution in [3.63, 3.8) is 0 Å². The Morgan fingerprint density at radius 2 is 1.97 bits per heavy atom. The smallest absolute Gasteiger partial charge is 0.264 e. The van der Waals surface area contributed by atoms with Crippen molar-refractivity contribution in [2.75, 3.05) is 18.5 Å². The molecule has 0 unspecified atom stereocenters. The maximum atomic E-state index is 14.4. The highest BCUT2D eigenvalue weighted by Crippen LogP contribution is 2.34. The maximum Gasteiger partial charge on any atom is 0.264 e. The molecule has 1 heterocycles. The largest absolute Gasteiger partial charge is 0.493 e. The van der Waals surface area contributed by atoms with E-state index in [9.17, 15) is 18.0 Å². The fourth-order valence-corrected chi connectivity index (χ4v) is 3.80. The highest BCUT2D eigenvalue weighted by atomic mass is 19.3. The van der Waals surface area contributed by atoms with Crippen LogP contribution in [0.4, 0.5) is 18.9 Å². The molecule has 3 aromatic carbocycles. The van der Waals surface area contributed by atoms with Gasteiger partial charge in [-0.15, -0.1) is 0 Å². The Hall–Kier alpha value is -3.85. The van der Waals surface area contributed by atoms with Crippen LogP contribution in [0.1, 0.15) is 41.3 Å². The van der Waals surface area contributed by atoms with E-state index in [0.29, 0.717) is 18.5 Å². The molecular formula is C26H24F3N3O3. The van der Waals surface area contributed by atoms with Gasteiger partial charge in [0.1, 0.15) is 22.9 Å². The number of benzene rings is 3. The van der Waals surface area contributed by atoms with Gasteiger partial charge in [0.05, 0.1) is 17.7 Å². The van der Waals surface area contributed by atoms with E-state index in [-0.39, 0.29) is 52.5 Å². The summed E-state index contributed by atoms with van der Waals surface area (Å²) in [5, 5.41) is 11.7. The molecule has 0 aliphatic heterocycles. The number of hydrogen-bond acceptors (Lipinski definition) is 4. The van der Waals surface area contributed by atoms with Crippen molar-refractivity contribution in [1.29, 1.82) is 0 Å². The van der Waals surface area contributed by atoms with Crippen LogP contribution in [0.2, 0.25) is 0 Å². The number of alkyl halides is 2. The van der Waals surface area contributed by atoms with Gasteiger partial charge in [0.15, 0.2) is 0 Å². The Morgan fingerprint density at radius 3 is 2.71 bits per heavy atom. The van der Waals surface area contributed by atoms with E-state index in [4.69, 9.17) is 9.84 Å². The first kappa shape index (κ1) is 24.3. The van der Waals surface area contributed by atoms with Gasteiger partial charge in [0.25, 0.3) is 12.3 Å². The summed E-state index contributed by atoms with van der Waals surface area (Å²) in [4.78, 5) is 20.3. The highest BCUT2D eigenvalue weighted by molar-refractivity contribution is 6.12. The fraction of sp³-hybridized carbons (Fsp3) is 0.231. The number of fused-ring (bicyclic) bond motifs is 1. The lowest BCUT2D eigenvalue weighted by molar-refractivity contribution is 0.102. The van der Waals surface area contributed by atoms with Crippen LogP contribution >= 0.6 is 0 Å². The second-order valence-electron chi connectivity index (χ2n) is 7.88. The second-order valence-corrected chi connectivity index (χ2v) is 7.88. The molecule has 1 amide bonds. The molecule has 6 nitrogen and oxygen atoms in total. The number of amides is 1. The van der Waals surface area contributed by atoms with Gasteiger partial charge in [-0.2, -0.15) is 0 Å². The first-order valence-corrected chi connectivity index (χ1v) is 11.2. The number of aryl methyl sites for hydroxylation is 1. The average molecular weight is 483 g/mol. The number of anilines is 1. The molecule has 0 saturated heterocycles. The molecule has 0 spiro atoms. The monoisotopic (exact) mass is 483 g/mol. The molecule has 0 bridgehead atoms. The van der Waals surface area contributed by atoms with Gasteiger partial charge in [-0.05, 0) is 48.4 Å². The maximum absolute atomic E-state index is 14.4. The number of imidazole rings is 1. The molecule has 0 radical (unpaired) electrons. The Balaban J connectivity index is 1.72. The number of aliphatic hydroxyl groups excluding tert-OH is 1. The fourth-order valence-electron chi connectivity index (χ4n) is 3.80. The number of H-pyrrole nitrogens is 1. The summed E-state index contributed by atoms with van der Waals surface area (Å²) in [5.74, 6) is -0.918. The number of para-hydroxylation sites is 1. The van der Waals surface area contributed by atoms with Gasteiger partial charge < -0.3 is 20.1 Å². The van der Waals surface area contributed by atoms with Gasteiger partial charge in [0.2, 0.25) is 0 Å². The lowest BCUT2D eigenvalue weighted by Gasteiger charge is -2.11. The van der Waals surface area contributed by atoms with Crippen molar-refractivity contribution >= 4 is 22.6 Å². The minimum absolute atomic E-state index is 0.0176. The molecule has 0 atom stereocenters. The predicted molar refractivity (Wildman–Crippen MR) is 127 cm³/mol. The summed E-state index contributed by atoms with van der Waals surface area (Å²) in [6, 6.07) is 13.7. The molecule has 4 aromatic rings. The zero-order chi connectivity index (χ0) is 24.9. The minimum Gasteiger partial charge on any atom is -0.493 e. The van der Waals surface area contributed by atoms with Crippen molar-refractivity contribution in [2.45, 2.75) is 26.2 Å².